The van der Waals surface area contributed by atoms with E-state index >= 15 is 0 Å². The molecule has 4 heteroatoms. The van der Waals surface area contributed by atoms with E-state index in [1.807, 2.05) is 6.07 Å². The van der Waals surface area contributed by atoms with Crippen LogP contribution >= 0.6 is 0 Å². The lowest BCUT2D eigenvalue weighted by molar-refractivity contribution is 0.0527. The zero-order valence-corrected chi connectivity index (χ0v) is 12.2. The molecule has 19 heavy (non-hydrogen) atoms. The minimum Gasteiger partial charge on any atom is -0.462 e. The van der Waals surface area contributed by atoms with Crippen LogP contribution in [0.5, 0.6) is 0 Å². The van der Waals surface area contributed by atoms with Crippen molar-refractivity contribution >= 4 is 17.3 Å². The highest BCUT2D eigenvalue weighted by Crippen LogP contribution is 2.21. The summed E-state index contributed by atoms with van der Waals surface area (Å²) in [7, 11) is 0. The molecule has 0 radical (unpaired) electrons. The van der Waals surface area contributed by atoms with E-state index in [-0.39, 0.29) is 5.97 Å². The topological polar surface area (TPSA) is 64.3 Å². The fraction of sp³-hybridized carbons (Fsp3) is 0.533. The lowest BCUT2D eigenvalue weighted by Gasteiger charge is -2.18. The first-order valence-electron chi connectivity index (χ1n) is 6.76. The van der Waals surface area contributed by atoms with Gasteiger partial charge in [-0.25, -0.2) is 4.79 Å². The van der Waals surface area contributed by atoms with E-state index in [0.29, 0.717) is 29.7 Å². The summed E-state index contributed by atoms with van der Waals surface area (Å²) in [5, 5.41) is 3.30. The number of nitrogens with two attached hydrogens (primary N) is 1. The Labute approximate surface area is 115 Å². The van der Waals surface area contributed by atoms with Gasteiger partial charge in [0.15, 0.2) is 0 Å². The van der Waals surface area contributed by atoms with Crippen molar-refractivity contribution in [2.45, 2.75) is 27.7 Å². The Morgan fingerprint density at radius 3 is 2.63 bits per heavy atom. The number of hydrogen-bond donors (Lipinski definition) is 2. The van der Waals surface area contributed by atoms with Crippen LogP contribution < -0.4 is 11.1 Å². The van der Waals surface area contributed by atoms with Gasteiger partial charge in [-0.1, -0.05) is 20.8 Å². The number of esters is 1. The lowest BCUT2D eigenvalue weighted by Crippen LogP contribution is -2.18. The summed E-state index contributed by atoms with van der Waals surface area (Å²) < 4.78 is 5.04. The van der Waals surface area contributed by atoms with Crippen LogP contribution in [0, 0.1) is 11.8 Å². The van der Waals surface area contributed by atoms with Gasteiger partial charge in [0.2, 0.25) is 0 Å². The maximum Gasteiger partial charge on any atom is 0.340 e. The Morgan fingerprint density at radius 1 is 1.37 bits per heavy atom. The molecule has 1 rings (SSSR count). The standard InChI is InChI=1S/C15H24N2O2/c1-5-19-15(18)13-8-12(16)6-7-14(13)17-9-11(4)10(2)3/h6-8,10-11,17H,5,9,16H2,1-4H3. The number of nitrogens with one attached hydrogen (secondary N) is 1. The molecule has 1 unspecified atom stereocenters. The number of benzene rings is 1. The van der Waals surface area contributed by atoms with Gasteiger partial charge in [0.1, 0.15) is 0 Å². The van der Waals surface area contributed by atoms with Gasteiger partial charge in [-0.05, 0) is 37.0 Å². The van der Waals surface area contributed by atoms with Crippen molar-refractivity contribution < 1.29 is 9.53 Å². The van der Waals surface area contributed by atoms with Gasteiger partial charge in [-0.3, -0.25) is 0 Å². The molecular formula is C15H24N2O2. The second-order valence-corrected chi connectivity index (χ2v) is 5.13. The molecule has 106 valence electrons. The van der Waals surface area contributed by atoms with Crippen LogP contribution in [-0.4, -0.2) is 19.1 Å². The van der Waals surface area contributed by atoms with Gasteiger partial charge in [0.05, 0.1) is 12.2 Å². The molecule has 0 heterocycles. The molecule has 0 aliphatic carbocycles. The minimum atomic E-state index is -0.338. The largest absolute Gasteiger partial charge is 0.462 e. The van der Waals surface area contributed by atoms with Crippen LogP contribution in [0.4, 0.5) is 11.4 Å². The van der Waals surface area contributed by atoms with Crippen LogP contribution in [0.1, 0.15) is 38.1 Å². The van der Waals surface area contributed by atoms with E-state index in [1.165, 1.54) is 0 Å². The zero-order valence-electron chi connectivity index (χ0n) is 12.2. The van der Waals surface area contributed by atoms with Gasteiger partial charge in [0, 0.05) is 17.9 Å². The SMILES string of the molecule is CCOC(=O)c1cc(N)ccc1NCC(C)C(C)C. The summed E-state index contributed by atoms with van der Waals surface area (Å²) in [4.78, 5) is 11.9. The first-order valence-corrected chi connectivity index (χ1v) is 6.76. The number of anilines is 2. The Balaban J connectivity index is 2.85. The molecule has 0 aliphatic rings. The van der Waals surface area contributed by atoms with Crippen LogP contribution in [0.25, 0.3) is 0 Å². The first-order chi connectivity index (χ1) is 8.95. The number of rotatable bonds is 6. The number of ether oxygens (including phenoxy) is 1. The second kappa shape index (κ2) is 7.02. The Hall–Kier alpha value is -1.71. The molecule has 1 atom stereocenters. The maximum atomic E-state index is 11.9. The minimum absolute atomic E-state index is 0.338. The van der Waals surface area contributed by atoms with Crippen LogP contribution in [0.3, 0.4) is 0 Å². The summed E-state index contributed by atoms with van der Waals surface area (Å²) >= 11 is 0. The van der Waals surface area contributed by atoms with Crippen LogP contribution in [0.15, 0.2) is 18.2 Å². The van der Waals surface area contributed by atoms with E-state index in [1.54, 1.807) is 19.1 Å². The van der Waals surface area contributed by atoms with Crippen molar-refractivity contribution in [2.75, 3.05) is 24.2 Å². The quantitative estimate of drug-likeness (QED) is 0.612. The second-order valence-electron chi connectivity index (χ2n) is 5.13. The molecule has 0 saturated carbocycles. The molecule has 0 spiro atoms. The van der Waals surface area contributed by atoms with Crippen molar-refractivity contribution in [2.24, 2.45) is 11.8 Å². The average Bonchev–Trinajstić information content (AvgIpc) is 2.36. The third kappa shape index (κ3) is 4.47. The smallest absolute Gasteiger partial charge is 0.340 e. The van der Waals surface area contributed by atoms with Gasteiger partial charge in [-0.2, -0.15) is 0 Å². The van der Waals surface area contributed by atoms with Crippen molar-refractivity contribution in [3.8, 4) is 0 Å². The maximum absolute atomic E-state index is 11.9. The number of hydrogen-bond acceptors (Lipinski definition) is 4. The monoisotopic (exact) mass is 264 g/mol. The molecule has 3 N–H and O–H groups in total. The molecule has 0 fully saturated rings. The fourth-order valence-electron chi connectivity index (χ4n) is 1.60. The summed E-state index contributed by atoms with van der Waals surface area (Å²) in [6, 6.07) is 5.26. The predicted molar refractivity (Wildman–Crippen MR) is 79.3 cm³/mol. The normalized spacial score (nSPS) is 12.3. The van der Waals surface area contributed by atoms with E-state index in [4.69, 9.17) is 10.5 Å². The Bertz CT molecular complexity index is 430. The molecule has 0 bridgehead atoms. The van der Waals surface area contributed by atoms with Gasteiger partial charge in [-0.15, -0.1) is 0 Å². The molecule has 1 aromatic rings. The lowest BCUT2D eigenvalue weighted by atomic mass is 9.98. The Kier molecular flexibility index (Phi) is 5.67. The van der Waals surface area contributed by atoms with Crippen molar-refractivity contribution in [3.63, 3.8) is 0 Å². The third-order valence-corrected chi connectivity index (χ3v) is 3.29. The van der Waals surface area contributed by atoms with Gasteiger partial charge >= 0.3 is 5.97 Å². The highest BCUT2D eigenvalue weighted by molar-refractivity contribution is 5.96. The summed E-state index contributed by atoms with van der Waals surface area (Å²) in [6.07, 6.45) is 0. The van der Waals surface area contributed by atoms with Crippen molar-refractivity contribution in [1.82, 2.24) is 0 Å². The number of carbonyl (C=O) groups excluding carboxylic acids is 1. The van der Waals surface area contributed by atoms with E-state index < -0.39 is 0 Å². The zero-order chi connectivity index (χ0) is 14.4. The highest BCUT2D eigenvalue weighted by atomic mass is 16.5. The third-order valence-electron chi connectivity index (χ3n) is 3.29. The summed E-state index contributed by atoms with van der Waals surface area (Å²) in [5.41, 5.74) is 7.57. The molecule has 1 aromatic carbocycles. The van der Waals surface area contributed by atoms with E-state index in [2.05, 4.69) is 26.1 Å². The summed E-state index contributed by atoms with van der Waals surface area (Å²) in [6.45, 7) is 9.50. The summed E-state index contributed by atoms with van der Waals surface area (Å²) in [5.74, 6) is 0.773. The van der Waals surface area contributed by atoms with Crippen LogP contribution in [0.2, 0.25) is 0 Å². The van der Waals surface area contributed by atoms with Gasteiger partial charge in [0.25, 0.3) is 0 Å². The number of nitrogen functional groups attached to an aromatic ring is 1. The molecular weight excluding hydrogens is 240 g/mol. The molecule has 0 amide bonds. The van der Waals surface area contributed by atoms with Crippen molar-refractivity contribution in [3.05, 3.63) is 23.8 Å². The van der Waals surface area contributed by atoms with E-state index in [9.17, 15) is 4.79 Å². The van der Waals surface area contributed by atoms with Crippen molar-refractivity contribution in [1.29, 1.82) is 0 Å². The highest BCUT2D eigenvalue weighted by Gasteiger charge is 2.14. The molecule has 4 nitrogen and oxygen atoms in total. The van der Waals surface area contributed by atoms with E-state index in [0.717, 1.165) is 12.2 Å². The van der Waals surface area contributed by atoms with Crippen LogP contribution in [-0.2, 0) is 4.74 Å². The molecule has 0 aliphatic heterocycles. The first kappa shape index (κ1) is 15.3. The fourth-order valence-corrected chi connectivity index (χ4v) is 1.60. The Morgan fingerprint density at radius 2 is 2.05 bits per heavy atom. The van der Waals surface area contributed by atoms with Gasteiger partial charge < -0.3 is 15.8 Å². The number of carbonyl (C=O) groups is 1. The molecule has 0 aromatic heterocycles. The average molecular weight is 264 g/mol. The predicted octanol–water partition coefficient (Wildman–Crippen LogP) is 3.15. The molecule has 0 saturated heterocycles.